The second-order valence-electron chi connectivity index (χ2n) is 4.28. The summed E-state index contributed by atoms with van der Waals surface area (Å²) in [6.07, 6.45) is 3.26. The number of hydrazone groups is 1. The molecule has 98 valence electrons. The van der Waals surface area contributed by atoms with Crippen LogP contribution in [0.2, 0.25) is 0 Å². The largest absolute Gasteiger partial charge is 0.359 e. The molecule has 0 amide bonds. The van der Waals surface area contributed by atoms with E-state index in [2.05, 4.69) is 25.8 Å². The maximum Gasteiger partial charge on any atom is 0.187 e. The van der Waals surface area contributed by atoms with Crippen LogP contribution in [0.1, 0.15) is 19.5 Å². The number of para-hydroxylation sites is 2. The van der Waals surface area contributed by atoms with Gasteiger partial charge in [0.05, 0.1) is 23.4 Å². The van der Waals surface area contributed by atoms with E-state index < -0.39 is 0 Å². The van der Waals surface area contributed by atoms with Gasteiger partial charge in [-0.2, -0.15) is 5.10 Å². The lowest BCUT2D eigenvalue weighted by Gasteiger charge is -2.09. The van der Waals surface area contributed by atoms with Gasteiger partial charge in [0.25, 0.3) is 0 Å². The fraction of sp³-hybridized carbons (Fsp3) is 0.231. The number of rotatable bonds is 3. The lowest BCUT2D eigenvalue weighted by molar-refractivity contribution is 0.719. The second kappa shape index (κ2) is 6.19. The van der Waals surface area contributed by atoms with Crippen molar-refractivity contribution in [3.8, 4) is 0 Å². The third-order valence-electron chi connectivity index (χ3n) is 2.25. The first kappa shape index (κ1) is 13.4. The quantitative estimate of drug-likeness (QED) is 0.507. The van der Waals surface area contributed by atoms with E-state index >= 15 is 0 Å². The van der Waals surface area contributed by atoms with Gasteiger partial charge in [-0.3, -0.25) is 10.4 Å². The van der Waals surface area contributed by atoms with E-state index in [4.69, 9.17) is 12.2 Å². The Kier molecular flexibility index (Phi) is 4.35. The maximum absolute atomic E-state index is 5.05. The maximum atomic E-state index is 5.05. The minimum Gasteiger partial charge on any atom is -0.359 e. The Labute approximate surface area is 117 Å². The van der Waals surface area contributed by atoms with Gasteiger partial charge in [-0.25, -0.2) is 4.98 Å². The van der Waals surface area contributed by atoms with E-state index in [0.29, 0.717) is 10.8 Å². The van der Waals surface area contributed by atoms with Gasteiger partial charge in [0, 0.05) is 6.04 Å². The van der Waals surface area contributed by atoms with Crippen molar-refractivity contribution in [2.45, 2.75) is 19.9 Å². The van der Waals surface area contributed by atoms with Crippen LogP contribution in [-0.2, 0) is 0 Å². The van der Waals surface area contributed by atoms with Crippen LogP contribution in [0.4, 0.5) is 0 Å². The third-order valence-corrected chi connectivity index (χ3v) is 2.46. The van der Waals surface area contributed by atoms with Gasteiger partial charge in [0.15, 0.2) is 5.11 Å². The van der Waals surface area contributed by atoms with Crippen LogP contribution in [0, 0.1) is 0 Å². The van der Waals surface area contributed by atoms with Crippen LogP contribution in [0.5, 0.6) is 0 Å². The van der Waals surface area contributed by atoms with E-state index in [1.807, 2.05) is 38.1 Å². The lowest BCUT2D eigenvalue weighted by atomic mass is 10.3. The van der Waals surface area contributed by atoms with E-state index in [-0.39, 0.29) is 6.04 Å². The number of hydrogen-bond acceptors (Lipinski definition) is 4. The van der Waals surface area contributed by atoms with Crippen LogP contribution < -0.4 is 10.7 Å². The zero-order valence-electron chi connectivity index (χ0n) is 10.8. The summed E-state index contributed by atoms with van der Waals surface area (Å²) in [6, 6.07) is 7.97. The van der Waals surface area contributed by atoms with Crippen LogP contribution >= 0.6 is 12.2 Å². The minimum atomic E-state index is 0.274. The van der Waals surface area contributed by atoms with Crippen LogP contribution in [0.25, 0.3) is 11.0 Å². The van der Waals surface area contributed by atoms with Gasteiger partial charge >= 0.3 is 0 Å². The molecule has 0 aliphatic heterocycles. The average Bonchev–Trinajstić information content (AvgIpc) is 2.37. The molecule has 0 aliphatic carbocycles. The molecule has 0 unspecified atom stereocenters. The van der Waals surface area contributed by atoms with Crippen molar-refractivity contribution in [1.82, 2.24) is 20.7 Å². The normalized spacial score (nSPS) is 11.1. The molecular formula is C13H15N5S. The van der Waals surface area contributed by atoms with Crippen molar-refractivity contribution >= 4 is 34.6 Å². The Morgan fingerprint density at radius 1 is 1.32 bits per heavy atom. The van der Waals surface area contributed by atoms with Crippen molar-refractivity contribution in [3.05, 3.63) is 36.2 Å². The first-order chi connectivity index (χ1) is 9.15. The molecule has 2 aromatic rings. The molecule has 1 aromatic heterocycles. The fourth-order valence-electron chi connectivity index (χ4n) is 1.49. The summed E-state index contributed by atoms with van der Waals surface area (Å²) in [6.45, 7) is 4.01. The summed E-state index contributed by atoms with van der Waals surface area (Å²) in [4.78, 5) is 8.71. The Bertz CT molecular complexity index is 609. The van der Waals surface area contributed by atoms with Gasteiger partial charge in [-0.1, -0.05) is 12.1 Å². The molecule has 6 heteroatoms. The monoisotopic (exact) mass is 273 g/mol. The summed E-state index contributed by atoms with van der Waals surface area (Å²) in [5.41, 5.74) is 5.12. The number of hydrogen-bond donors (Lipinski definition) is 2. The number of nitrogens with one attached hydrogen (secondary N) is 2. The van der Waals surface area contributed by atoms with Gasteiger partial charge < -0.3 is 5.32 Å². The molecule has 0 atom stereocenters. The van der Waals surface area contributed by atoms with Gasteiger partial charge in [0.2, 0.25) is 0 Å². The highest BCUT2D eigenvalue weighted by Gasteiger charge is 1.97. The standard InChI is InChI=1S/C13H15N5S/c1-9(2)16-13(19)18-15-8-10-7-14-11-5-3-4-6-12(11)17-10/h3-9H,1-2H3,(H2,16,18,19)/b15-8-. The Morgan fingerprint density at radius 2 is 2.05 bits per heavy atom. The second-order valence-corrected chi connectivity index (χ2v) is 4.69. The van der Waals surface area contributed by atoms with E-state index in [9.17, 15) is 0 Å². The first-order valence-corrected chi connectivity index (χ1v) is 6.37. The van der Waals surface area contributed by atoms with Crippen LogP contribution in [0.3, 0.4) is 0 Å². The molecule has 19 heavy (non-hydrogen) atoms. The zero-order valence-corrected chi connectivity index (χ0v) is 11.6. The van der Waals surface area contributed by atoms with E-state index in [1.165, 1.54) is 0 Å². The van der Waals surface area contributed by atoms with Gasteiger partial charge in [-0.05, 0) is 38.2 Å². The smallest absolute Gasteiger partial charge is 0.187 e. The number of thiocarbonyl (C=S) groups is 1. The highest BCUT2D eigenvalue weighted by molar-refractivity contribution is 7.80. The summed E-state index contributed by atoms with van der Waals surface area (Å²) in [7, 11) is 0. The van der Waals surface area contributed by atoms with E-state index in [1.54, 1.807) is 12.4 Å². The molecule has 0 saturated carbocycles. The zero-order chi connectivity index (χ0) is 13.7. The Balaban J connectivity index is 2.03. The highest BCUT2D eigenvalue weighted by Crippen LogP contribution is 2.07. The fourth-order valence-corrected chi connectivity index (χ4v) is 1.77. The summed E-state index contributed by atoms with van der Waals surface area (Å²) < 4.78 is 0. The first-order valence-electron chi connectivity index (χ1n) is 5.96. The predicted octanol–water partition coefficient (Wildman–Crippen LogP) is 1.84. The molecule has 1 aromatic carbocycles. The number of benzene rings is 1. The molecule has 2 rings (SSSR count). The van der Waals surface area contributed by atoms with Gasteiger partial charge in [0.1, 0.15) is 5.69 Å². The van der Waals surface area contributed by atoms with Crippen molar-refractivity contribution in [3.63, 3.8) is 0 Å². The van der Waals surface area contributed by atoms with Crippen molar-refractivity contribution in [1.29, 1.82) is 0 Å². The summed E-state index contributed by atoms with van der Waals surface area (Å²) in [5.74, 6) is 0. The Morgan fingerprint density at radius 3 is 2.79 bits per heavy atom. The van der Waals surface area contributed by atoms with Crippen LogP contribution in [0.15, 0.2) is 35.6 Å². The van der Waals surface area contributed by atoms with Crippen molar-refractivity contribution in [2.24, 2.45) is 5.10 Å². The number of aromatic nitrogens is 2. The van der Waals surface area contributed by atoms with Crippen LogP contribution in [-0.4, -0.2) is 27.3 Å². The molecule has 0 saturated heterocycles. The van der Waals surface area contributed by atoms with Crippen molar-refractivity contribution in [2.75, 3.05) is 0 Å². The molecule has 0 radical (unpaired) electrons. The third kappa shape index (κ3) is 3.96. The van der Waals surface area contributed by atoms with Gasteiger partial charge in [-0.15, -0.1) is 0 Å². The minimum absolute atomic E-state index is 0.274. The average molecular weight is 273 g/mol. The lowest BCUT2D eigenvalue weighted by Crippen LogP contribution is -2.36. The molecule has 0 spiro atoms. The highest BCUT2D eigenvalue weighted by atomic mass is 32.1. The molecule has 0 bridgehead atoms. The summed E-state index contributed by atoms with van der Waals surface area (Å²) in [5, 5.41) is 7.54. The SMILES string of the molecule is CC(C)NC(=S)N/N=C\c1cnc2ccccc2n1. The molecule has 0 fully saturated rings. The number of fused-ring (bicyclic) bond motifs is 1. The topological polar surface area (TPSA) is 62.2 Å². The predicted molar refractivity (Wildman–Crippen MR) is 81.1 cm³/mol. The molecule has 1 heterocycles. The van der Waals surface area contributed by atoms with E-state index in [0.717, 1.165) is 11.0 Å². The molecular weight excluding hydrogens is 258 g/mol. The molecule has 5 nitrogen and oxygen atoms in total. The Hall–Kier alpha value is -2.08. The van der Waals surface area contributed by atoms with Crippen molar-refractivity contribution < 1.29 is 0 Å². The number of nitrogens with zero attached hydrogens (tertiary/aromatic N) is 3. The molecule has 0 aliphatic rings. The molecule has 2 N–H and O–H groups in total. The summed E-state index contributed by atoms with van der Waals surface area (Å²) >= 11 is 5.05.